The Labute approximate surface area is 184 Å². The first kappa shape index (κ1) is 19.2. The zero-order chi connectivity index (χ0) is 21.0. The van der Waals surface area contributed by atoms with Crippen molar-refractivity contribution in [1.29, 1.82) is 0 Å². The number of pyridine rings is 1. The highest BCUT2D eigenvalue weighted by Gasteiger charge is 2.08. The molecule has 0 radical (unpaired) electrons. The molecule has 2 heterocycles. The van der Waals surface area contributed by atoms with Gasteiger partial charge in [0.1, 0.15) is 16.5 Å². The number of nitrogens with two attached hydrogens (primary N) is 1. The Bertz CT molecular complexity index is 1320. The molecule has 152 valence electrons. The normalized spacial score (nSPS) is 10.9. The van der Waals surface area contributed by atoms with E-state index in [2.05, 4.69) is 33.5 Å². The van der Waals surface area contributed by atoms with Crippen LogP contribution in [0.5, 0.6) is 11.5 Å². The summed E-state index contributed by atoms with van der Waals surface area (Å²) in [5.74, 6) is 1.61. The molecule has 0 bridgehead atoms. The van der Waals surface area contributed by atoms with E-state index in [1.807, 2.05) is 72.2 Å². The summed E-state index contributed by atoms with van der Waals surface area (Å²) in [6.45, 7) is 0.458. The Morgan fingerprint density at radius 3 is 2.48 bits per heavy atom. The number of hydrogen-bond acceptors (Lipinski definition) is 6. The molecule has 0 unspecified atom stereocenters. The summed E-state index contributed by atoms with van der Waals surface area (Å²) in [7, 11) is 0. The van der Waals surface area contributed by atoms with Gasteiger partial charge in [0.2, 0.25) is 0 Å². The molecular weight excluding hydrogens is 404 g/mol. The highest BCUT2D eigenvalue weighted by molar-refractivity contribution is 7.09. The topological polar surface area (TPSA) is 73.1 Å². The zero-order valence-electron chi connectivity index (χ0n) is 16.7. The van der Waals surface area contributed by atoms with E-state index >= 15 is 0 Å². The highest BCUT2D eigenvalue weighted by Crippen LogP contribution is 2.30. The molecule has 0 saturated carbocycles. The van der Waals surface area contributed by atoms with E-state index < -0.39 is 0 Å². The van der Waals surface area contributed by atoms with Crippen LogP contribution in [0.25, 0.3) is 22.2 Å². The van der Waals surface area contributed by atoms with Crippen molar-refractivity contribution in [3.63, 3.8) is 0 Å². The third kappa shape index (κ3) is 4.26. The molecule has 31 heavy (non-hydrogen) atoms. The molecule has 0 aliphatic rings. The molecule has 3 N–H and O–H groups in total. The minimum absolute atomic E-state index is 0.458. The van der Waals surface area contributed by atoms with Crippen LogP contribution in [0.3, 0.4) is 0 Å². The maximum absolute atomic E-state index is 5.87. The molecule has 0 amide bonds. The second-order valence-electron chi connectivity index (χ2n) is 6.99. The van der Waals surface area contributed by atoms with Crippen LogP contribution >= 0.6 is 11.3 Å². The maximum Gasteiger partial charge on any atom is 0.127 e. The van der Waals surface area contributed by atoms with E-state index in [9.17, 15) is 0 Å². The number of benzene rings is 3. The summed E-state index contributed by atoms with van der Waals surface area (Å²) < 4.78 is 5.87. The van der Waals surface area contributed by atoms with Gasteiger partial charge >= 0.3 is 0 Å². The van der Waals surface area contributed by atoms with Crippen molar-refractivity contribution < 1.29 is 4.74 Å². The summed E-state index contributed by atoms with van der Waals surface area (Å²) in [5.41, 5.74) is 10.5. The quantitative estimate of drug-likeness (QED) is 0.332. The molecular formula is C25H20N4OS. The van der Waals surface area contributed by atoms with Crippen molar-refractivity contribution in [3.05, 3.63) is 95.4 Å². The van der Waals surface area contributed by atoms with Crippen molar-refractivity contribution >= 4 is 33.6 Å². The summed E-state index contributed by atoms with van der Waals surface area (Å²) in [4.78, 5) is 9.12. The van der Waals surface area contributed by atoms with Gasteiger partial charge in [-0.05, 0) is 48.5 Å². The van der Waals surface area contributed by atoms with Crippen LogP contribution in [0.4, 0.5) is 11.4 Å². The van der Waals surface area contributed by atoms with Crippen LogP contribution < -0.4 is 15.8 Å². The van der Waals surface area contributed by atoms with Crippen molar-refractivity contribution in [1.82, 2.24) is 9.97 Å². The highest BCUT2D eigenvalue weighted by atomic mass is 32.1. The maximum atomic E-state index is 5.87. The zero-order valence-corrected chi connectivity index (χ0v) is 17.5. The van der Waals surface area contributed by atoms with E-state index in [0.717, 1.165) is 50.0 Å². The Morgan fingerprint density at radius 1 is 0.903 bits per heavy atom. The Balaban J connectivity index is 1.37. The molecule has 5 nitrogen and oxygen atoms in total. The van der Waals surface area contributed by atoms with E-state index in [-0.39, 0.29) is 0 Å². The molecule has 5 rings (SSSR count). The van der Waals surface area contributed by atoms with Gasteiger partial charge in [0.25, 0.3) is 0 Å². The number of nitrogens with one attached hydrogen (secondary N) is 1. The average Bonchev–Trinajstić information content (AvgIpc) is 3.30. The number of ether oxygens (including phenoxy) is 1. The fourth-order valence-corrected chi connectivity index (χ4v) is 4.02. The first-order valence-corrected chi connectivity index (χ1v) is 10.8. The SMILES string of the molecule is NCc1nc(-c2ccc3c(Nc4ccc(Oc5ccccc5)cc4)ccnc3c2)cs1. The van der Waals surface area contributed by atoms with Crippen molar-refractivity contribution in [2.24, 2.45) is 5.73 Å². The first-order valence-electron chi connectivity index (χ1n) is 9.92. The standard InChI is InChI=1S/C25H20N4OS/c26-15-25-29-24(16-31-25)17-6-11-21-22(12-13-27-23(21)14-17)28-18-7-9-20(10-8-18)30-19-4-2-1-3-5-19/h1-14,16H,15,26H2,(H,27,28). The molecule has 3 aromatic carbocycles. The third-order valence-corrected chi connectivity index (χ3v) is 5.75. The molecule has 0 spiro atoms. The van der Waals surface area contributed by atoms with Crippen molar-refractivity contribution in [2.75, 3.05) is 5.32 Å². The molecule has 0 aliphatic heterocycles. The number of hydrogen-bond donors (Lipinski definition) is 2. The Kier molecular flexibility index (Phi) is 5.31. The largest absolute Gasteiger partial charge is 0.457 e. The Hall–Kier alpha value is -3.74. The lowest BCUT2D eigenvalue weighted by Gasteiger charge is -2.11. The lowest BCUT2D eigenvalue weighted by atomic mass is 10.1. The molecule has 5 aromatic rings. The molecule has 2 aromatic heterocycles. The van der Waals surface area contributed by atoms with E-state index in [1.165, 1.54) is 0 Å². The van der Waals surface area contributed by atoms with Crippen molar-refractivity contribution in [3.8, 4) is 22.8 Å². The van der Waals surface area contributed by atoms with Gasteiger partial charge in [0.05, 0.1) is 11.2 Å². The molecule has 0 fully saturated rings. The number of anilines is 2. The molecule has 0 aliphatic carbocycles. The summed E-state index contributed by atoms with van der Waals surface area (Å²) in [5, 5.41) is 7.49. The minimum Gasteiger partial charge on any atom is -0.457 e. The number of thiazole rings is 1. The van der Waals surface area contributed by atoms with Gasteiger partial charge in [-0.2, -0.15) is 0 Å². The van der Waals surface area contributed by atoms with Gasteiger partial charge in [0.15, 0.2) is 0 Å². The molecule has 0 saturated heterocycles. The van der Waals surface area contributed by atoms with E-state index in [1.54, 1.807) is 11.3 Å². The van der Waals surface area contributed by atoms with Gasteiger partial charge in [0, 0.05) is 40.4 Å². The fourth-order valence-electron chi connectivity index (χ4n) is 3.34. The predicted molar refractivity (Wildman–Crippen MR) is 127 cm³/mol. The fraction of sp³-hybridized carbons (Fsp3) is 0.0400. The lowest BCUT2D eigenvalue weighted by Crippen LogP contribution is -1.95. The van der Waals surface area contributed by atoms with E-state index in [0.29, 0.717) is 6.54 Å². The summed E-state index contributed by atoms with van der Waals surface area (Å²) in [6, 6.07) is 25.9. The summed E-state index contributed by atoms with van der Waals surface area (Å²) >= 11 is 1.58. The van der Waals surface area contributed by atoms with Gasteiger partial charge in [-0.15, -0.1) is 11.3 Å². The smallest absolute Gasteiger partial charge is 0.127 e. The second kappa shape index (κ2) is 8.55. The lowest BCUT2D eigenvalue weighted by molar-refractivity contribution is 0.483. The number of fused-ring (bicyclic) bond motifs is 1. The minimum atomic E-state index is 0.458. The number of nitrogens with zero attached hydrogens (tertiary/aromatic N) is 2. The average molecular weight is 425 g/mol. The predicted octanol–water partition coefficient (Wildman–Crippen LogP) is 6.35. The van der Waals surface area contributed by atoms with Crippen LogP contribution in [-0.2, 0) is 6.54 Å². The number of rotatable bonds is 6. The number of aromatic nitrogens is 2. The second-order valence-corrected chi connectivity index (χ2v) is 7.93. The number of para-hydroxylation sites is 1. The van der Waals surface area contributed by atoms with Gasteiger partial charge in [-0.25, -0.2) is 4.98 Å². The van der Waals surface area contributed by atoms with E-state index in [4.69, 9.17) is 10.5 Å². The van der Waals surface area contributed by atoms with Gasteiger partial charge < -0.3 is 15.8 Å². The third-order valence-electron chi connectivity index (χ3n) is 4.88. The van der Waals surface area contributed by atoms with Crippen LogP contribution in [-0.4, -0.2) is 9.97 Å². The Morgan fingerprint density at radius 2 is 1.71 bits per heavy atom. The van der Waals surface area contributed by atoms with Crippen LogP contribution in [0.1, 0.15) is 5.01 Å². The first-order chi connectivity index (χ1) is 15.3. The van der Waals surface area contributed by atoms with Crippen molar-refractivity contribution in [2.45, 2.75) is 6.54 Å². The molecule has 0 atom stereocenters. The van der Waals surface area contributed by atoms with Crippen LogP contribution in [0.2, 0.25) is 0 Å². The monoisotopic (exact) mass is 424 g/mol. The van der Waals surface area contributed by atoms with Crippen LogP contribution in [0, 0.1) is 0 Å². The van der Waals surface area contributed by atoms with Crippen LogP contribution in [0.15, 0.2) is 90.4 Å². The van der Waals surface area contributed by atoms with Gasteiger partial charge in [-0.3, -0.25) is 4.98 Å². The molecule has 6 heteroatoms. The summed E-state index contributed by atoms with van der Waals surface area (Å²) in [6.07, 6.45) is 1.81. The van der Waals surface area contributed by atoms with Gasteiger partial charge in [-0.1, -0.05) is 30.3 Å².